The summed E-state index contributed by atoms with van der Waals surface area (Å²) < 4.78 is 5.32. The molecule has 0 aliphatic rings. The topological polar surface area (TPSA) is 26.3 Å². The minimum Gasteiger partial charge on any atom is -0.426 e. The standard InChI is InChI=1S/C14H22O2Si.Zn/c1-14(2,3)13(15)16-11-7-9-12(10-8-11)17(4,5)6;/h7-10H,1-6H3;. The van der Waals surface area contributed by atoms with Crippen molar-refractivity contribution in [2.75, 3.05) is 0 Å². The Morgan fingerprint density at radius 1 is 1.06 bits per heavy atom. The van der Waals surface area contributed by atoms with Crippen LogP contribution in [-0.2, 0) is 24.3 Å². The Balaban J connectivity index is 0.00000289. The van der Waals surface area contributed by atoms with Gasteiger partial charge in [-0.25, -0.2) is 0 Å². The molecule has 2 nitrogen and oxygen atoms in total. The second kappa shape index (κ2) is 6.12. The largest absolute Gasteiger partial charge is 0.426 e. The van der Waals surface area contributed by atoms with Gasteiger partial charge in [0.15, 0.2) is 0 Å². The molecular weight excluding hydrogens is 294 g/mol. The number of hydrogen-bond donors (Lipinski definition) is 0. The zero-order valence-electron chi connectivity index (χ0n) is 12.3. The zero-order valence-corrected chi connectivity index (χ0v) is 16.3. The number of carbonyl (C=O) groups is 1. The second-order valence-corrected chi connectivity index (χ2v) is 11.5. The zero-order chi connectivity index (χ0) is 13.3. The van der Waals surface area contributed by atoms with Gasteiger partial charge in [0.05, 0.1) is 13.5 Å². The molecule has 0 N–H and O–H groups in total. The van der Waals surface area contributed by atoms with E-state index in [1.807, 2.05) is 32.9 Å². The van der Waals surface area contributed by atoms with Crippen molar-refractivity contribution >= 4 is 19.2 Å². The summed E-state index contributed by atoms with van der Waals surface area (Å²) in [5.41, 5.74) is -0.461. The fourth-order valence-corrected chi connectivity index (χ4v) is 2.45. The first-order chi connectivity index (χ1) is 7.60. The van der Waals surface area contributed by atoms with Gasteiger partial charge in [-0.15, -0.1) is 0 Å². The van der Waals surface area contributed by atoms with E-state index < -0.39 is 13.5 Å². The molecule has 0 unspecified atom stereocenters. The van der Waals surface area contributed by atoms with E-state index >= 15 is 0 Å². The van der Waals surface area contributed by atoms with Gasteiger partial charge in [0, 0.05) is 19.5 Å². The maximum absolute atomic E-state index is 11.7. The van der Waals surface area contributed by atoms with Crippen LogP contribution in [0.3, 0.4) is 0 Å². The molecule has 18 heavy (non-hydrogen) atoms. The van der Waals surface area contributed by atoms with E-state index in [0.29, 0.717) is 5.75 Å². The number of carbonyl (C=O) groups excluding carboxylic acids is 1. The van der Waals surface area contributed by atoms with Crippen LogP contribution in [0.4, 0.5) is 0 Å². The van der Waals surface area contributed by atoms with Gasteiger partial charge in [-0.05, 0) is 32.9 Å². The normalized spacial score (nSPS) is 11.7. The second-order valence-electron chi connectivity index (χ2n) is 6.41. The van der Waals surface area contributed by atoms with Crippen molar-refractivity contribution in [1.82, 2.24) is 0 Å². The third-order valence-electron chi connectivity index (χ3n) is 2.54. The monoisotopic (exact) mass is 314 g/mol. The number of benzene rings is 1. The molecule has 0 fully saturated rings. The molecule has 0 radical (unpaired) electrons. The van der Waals surface area contributed by atoms with Crippen molar-refractivity contribution in [2.24, 2.45) is 5.41 Å². The first-order valence-electron chi connectivity index (χ1n) is 5.93. The number of hydrogen-bond acceptors (Lipinski definition) is 2. The summed E-state index contributed by atoms with van der Waals surface area (Å²) in [7, 11) is -1.27. The molecule has 0 spiro atoms. The predicted molar refractivity (Wildman–Crippen MR) is 74.5 cm³/mol. The summed E-state index contributed by atoms with van der Waals surface area (Å²) in [5, 5.41) is 1.37. The van der Waals surface area contributed by atoms with Crippen LogP contribution < -0.4 is 9.92 Å². The van der Waals surface area contributed by atoms with Crippen LogP contribution in [-0.4, -0.2) is 14.0 Å². The Kier molecular flexibility index (Phi) is 5.96. The van der Waals surface area contributed by atoms with Crippen molar-refractivity contribution in [2.45, 2.75) is 40.4 Å². The Bertz CT molecular complexity index is 399. The Labute approximate surface area is 124 Å². The van der Waals surface area contributed by atoms with Gasteiger partial charge in [0.25, 0.3) is 0 Å². The minimum atomic E-state index is -1.27. The molecule has 1 aromatic carbocycles. The Hall–Kier alpha value is -0.470. The smallest absolute Gasteiger partial charge is 0.316 e. The van der Waals surface area contributed by atoms with Gasteiger partial charge < -0.3 is 4.74 Å². The predicted octanol–water partition coefficient (Wildman–Crippen LogP) is 3.18. The summed E-state index contributed by atoms with van der Waals surface area (Å²) >= 11 is 0. The van der Waals surface area contributed by atoms with E-state index in [4.69, 9.17) is 4.74 Å². The molecule has 0 saturated carbocycles. The molecule has 0 amide bonds. The summed E-state index contributed by atoms with van der Waals surface area (Å²) in [5.74, 6) is 0.435. The van der Waals surface area contributed by atoms with Crippen LogP contribution >= 0.6 is 0 Å². The molecule has 4 heteroatoms. The van der Waals surface area contributed by atoms with E-state index in [2.05, 4.69) is 31.8 Å². The van der Waals surface area contributed by atoms with E-state index in [0.717, 1.165) is 0 Å². The molecule has 0 bridgehead atoms. The van der Waals surface area contributed by atoms with Crippen LogP contribution in [0.1, 0.15) is 20.8 Å². The van der Waals surface area contributed by atoms with Crippen LogP contribution in [0.25, 0.3) is 0 Å². The molecule has 0 heterocycles. The minimum absolute atomic E-state index is 0. The summed E-state index contributed by atoms with van der Waals surface area (Å²) in [4.78, 5) is 11.7. The van der Waals surface area contributed by atoms with Crippen molar-refractivity contribution in [3.63, 3.8) is 0 Å². The van der Waals surface area contributed by atoms with E-state index in [9.17, 15) is 4.79 Å². The molecule has 0 saturated heterocycles. The van der Waals surface area contributed by atoms with Crippen molar-refractivity contribution in [1.29, 1.82) is 0 Å². The van der Waals surface area contributed by atoms with Crippen molar-refractivity contribution < 1.29 is 29.0 Å². The van der Waals surface area contributed by atoms with Gasteiger partial charge in [-0.2, -0.15) is 0 Å². The van der Waals surface area contributed by atoms with E-state index in [1.54, 1.807) is 0 Å². The summed E-state index contributed by atoms with van der Waals surface area (Å²) in [6.45, 7) is 12.4. The molecule has 0 aliphatic heterocycles. The van der Waals surface area contributed by atoms with Gasteiger partial charge >= 0.3 is 5.97 Å². The van der Waals surface area contributed by atoms with Gasteiger partial charge in [0.2, 0.25) is 0 Å². The van der Waals surface area contributed by atoms with Crippen molar-refractivity contribution in [3.05, 3.63) is 24.3 Å². The molecular formula is C14H22O2SiZn. The van der Waals surface area contributed by atoms with Crippen LogP contribution in [0.5, 0.6) is 5.75 Å². The summed E-state index contributed by atoms with van der Waals surface area (Å²) in [6, 6.07) is 7.91. The first kappa shape index (κ1) is 17.5. The summed E-state index contributed by atoms with van der Waals surface area (Å²) in [6.07, 6.45) is 0. The maximum atomic E-state index is 11.7. The van der Waals surface area contributed by atoms with Gasteiger partial charge in [-0.3, -0.25) is 4.79 Å². The van der Waals surface area contributed by atoms with E-state index in [1.165, 1.54) is 5.19 Å². The third-order valence-corrected chi connectivity index (χ3v) is 4.61. The quantitative estimate of drug-likeness (QED) is 0.476. The van der Waals surface area contributed by atoms with Gasteiger partial charge in [0.1, 0.15) is 5.75 Å². The third kappa shape index (κ3) is 5.03. The number of rotatable bonds is 2. The van der Waals surface area contributed by atoms with Crippen LogP contribution in [0, 0.1) is 5.41 Å². The molecule has 0 atom stereocenters. The average Bonchev–Trinajstić information content (AvgIpc) is 2.15. The molecule has 96 valence electrons. The fourth-order valence-electron chi connectivity index (χ4n) is 1.28. The Morgan fingerprint density at radius 2 is 1.50 bits per heavy atom. The fraction of sp³-hybridized carbons (Fsp3) is 0.500. The number of ether oxygens (including phenoxy) is 1. The first-order valence-corrected chi connectivity index (χ1v) is 9.43. The Morgan fingerprint density at radius 3 is 1.83 bits per heavy atom. The molecule has 0 aromatic heterocycles. The van der Waals surface area contributed by atoms with Crippen molar-refractivity contribution in [3.8, 4) is 5.75 Å². The number of esters is 1. The SMILES string of the molecule is CC(C)(C)C(=O)Oc1ccc([Si](C)(C)C)cc1.[Zn]. The molecule has 1 aromatic rings. The average molecular weight is 316 g/mol. The molecule has 0 aliphatic carbocycles. The van der Waals surface area contributed by atoms with Crippen LogP contribution in [0.2, 0.25) is 19.6 Å². The molecule has 1 rings (SSSR count). The van der Waals surface area contributed by atoms with Crippen LogP contribution in [0.15, 0.2) is 24.3 Å². The maximum Gasteiger partial charge on any atom is 0.316 e. The van der Waals surface area contributed by atoms with E-state index in [-0.39, 0.29) is 25.4 Å². The van der Waals surface area contributed by atoms with Gasteiger partial charge in [-0.1, -0.05) is 37.0 Å².